The molecule has 0 aliphatic heterocycles. The van der Waals surface area contributed by atoms with Gasteiger partial charge in [0.2, 0.25) is 0 Å². The van der Waals surface area contributed by atoms with E-state index >= 15 is 0 Å². The number of allylic oxidation sites excluding steroid dienone is 4. The smallest absolute Gasteiger partial charge is 0.462 e. The molecule has 1 atom stereocenters. The molecule has 0 aromatic heterocycles. The second-order valence-corrected chi connectivity index (χ2v) is 17.3. The number of ether oxygens (including phenoxy) is 2. The minimum atomic E-state index is -4.76. The molecule has 1 unspecified atom stereocenters. The van der Waals surface area contributed by atoms with Gasteiger partial charge in [0.25, 0.3) is 0 Å². The lowest BCUT2D eigenvalue weighted by Crippen LogP contribution is -2.29. The first kappa shape index (κ1) is 54.5. The number of esters is 2. The molecule has 0 aliphatic rings. The molecular formula is C47H89O8P. The van der Waals surface area contributed by atoms with Gasteiger partial charge in [0.15, 0.2) is 6.10 Å². The van der Waals surface area contributed by atoms with Gasteiger partial charge in [0.1, 0.15) is 6.61 Å². The lowest BCUT2D eigenvalue weighted by Gasteiger charge is -2.18. The molecule has 2 N–H and O–H groups in total. The van der Waals surface area contributed by atoms with Crippen LogP contribution in [0.3, 0.4) is 0 Å². The van der Waals surface area contributed by atoms with Crippen LogP contribution in [0.15, 0.2) is 24.3 Å². The Labute approximate surface area is 345 Å². The number of phosphoric ester groups is 1. The van der Waals surface area contributed by atoms with E-state index in [1.54, 1.807) is 0 Å². The predicted octanol–water partition coefficient (Wildman–Crippen LogP) is 14.7. The number of rotatable bonds is 44. The molecule has 0 amide bonds. The van der Waals surface area contributed by atoms with Crippen LogP contribution in [0.4, 0.5) is 0 Å². The van der Waals surface area contributed by atoms with Gasteiger partial charge < -0.3 is 19.3 Å². The molecule has 0 aromatic carbocycles. The van der Waals surface area contributed by atoms with E-state index in [9.17, 15) is 14.2 Å². The van der Waals surface area contributed by atoms with Crippen LogP contribution in [-0.4, -0.2) is 41.0 Å². The molecule has 9 heteroatoms. The zero-order chi connectivity index (χ0) is 41.1. The Morgan fingerprint density at radius 1 is 0.446 bits per heavy atom. The molecule has 0 fully saturated rings. The summed E-state index contributed by atoms with van der Waals surface area (Å²) in [7, 11) is -4.76. The molecule has 0 aliphatic carbocycles. The van der Waals surface area contributed by atoms with Crippen LogP contribution in [0.25, 0.3) is 0 Å². The number of carbonyl (C=O) groups is 2. The Morgan fingerprint density at radius 2 is 0.750 bits per heavy atom. The standard InChI is InChI=1S/C47H89O8P/c1-3-5-7-9-11-13-15-17-19-20-21-22-23-24-25-26-28-30-32-34-36-38-40-42-47(49)55-45(44-54-56(50,51)52)43-53-46(48)41-39-37-35-33-31-29-27-18-16-14-12-10-8-6-4-2/h18,20-21,27,45H,3-17,19,22-26,28-44H2,1-2H3,(H2,50,51,52)/b21-20-,27-18-. The van der Waals surface area contributed by atoms with Gasteiger partial charge in [0, 0.05) is 12.8 Å². The van der Waals surface area contributed by atoms with Crippen molar-refractivity contribution in [3.05, 3.63) is 24.3 Å². The third kappa shape index (κ3) is 45.2. The van der Waals surface area contributed by atoms with Crippen molar-refractivity contribution in [3.63, 3.8) is 0 Å². The number of hydrogen-bond acceptors (Lipinski definition) is 6. The van der Waals surface area contributed by atoms with Crippen molar-refractivity contribution in [2.75, 3.05) is 13.2 Å². The molecule has 8 nitrogen and oxygen atoms in total. The highest BCUT2D eigenvalue weighted by molar-refractivity contribution is 7.46. The molecule has 330 valence electrons. The van der Waals surface area contributed by atoms with Gasteiger partial charge in [-0.2, -0.15) is 0 Å². The van der Waals surface area contributed by atoms with Crippen LogP contribution in [0.5, 0.6) is 0 Å². The second kappa shape index (κ2) is 43.1. The Kier molecular flexibility index (Phi) is 42.0. The first-order valence-electron chi connectivity index (χ1n) is 23.6. The van der Waals surface area contributed by atoms with Crippen molar-refractivity contribution in [3.8, 4) is 0 Å². The summed E-state index contributed by atoms with van der Waals surface area (Å²) in [5.41, 5.74) is 0. The molecule has 0 heterocycles. The summed E-state index contributed by atoms with van der Waals surface area (Å²) < 4.78 is 26.5. The maximum absolute atomic E-state index is 12.4. The van der Waals surface area contributed by atoms with Crippen molar-refractivity contribution < 1.29 is 37.9 Å². The minimum Gasteiger partial charge on any atom is -0.462 e. The van der Waals surface area contributed by atoms with E-state index in [0.717, 1.165) is 51.4 Å². The van der Waals surface area contributed by atoms with Gasteiger partial charge in [-0.3, -0.25) is 14.1 Å². The van der Waals surface area contributed by atoms with Gasteiger partial charge >= 0.3 is 19.8 Å². The molecule has 0 rings (SSSR count). The van der Waals surface area contributed by atoms with E-state index in [4.69, 9.17) is 19.3 Å². The van der Waals surface area contributed by atoms with E-state index in [0.29, 0.717) is 12.8 Å². The van der Waals surface area contributed by atoms with E-state index < -0.39 is 32.5 Å². The summed E-state index contributed by atoms with van der Waals surface area (Å²) >= 11 is 0. The molecule has 56 heavy (non-hydrogen) atoms. The third-order valence-electron chi connectivity index (χ3n) is 10.4. The maximum atomic E-state index is 12.4. The van der Waals surface area contributed by atoms with Crippen LogP contribution in [-0.2, 0) is 28.2 Å². The van der Waals surface area contributed by atoms with Gasteiger partial charge in [-0.1, -0.05) is 192 Å². The van der Waals surface area contributed by atoms with Crippen LogP contribution in [0.2, 0.25) is 0 Å². The summed E-state index contributed by atoms with van der Waals surface area (Å²) in [6, 6.07) is 0. The molecular weight excluding hydrogens is 723 g/mol. The molecule has 0 radical (unpaired) electrons. The summed E-state index contributed by atoms with van der Waals surface area (Å²) in [6.45, 7) is 3.70. The average molecular weight is 813 g/mol. The first-order valence-corrected chi connectivity index (χ1v) is 25.2. The van der Waals surface area contributed by atoms with Crippen LogP contribution >= 0.6 is 7.82 Å². The first-order chi connectivity index (χ1) is 27.3. The van der Waals surface area contributed by atoms with E-state index in [1.165, 1.54) is 154 Å². The molecule has 0 bridgehead atoms. The Bertz CT molecular complexity index is 962. The van der Waals surface area contributed by atoms with E-state index in [1.807, 2.05) is 0 Å². The van der Waals surface area contributed by atoms with Gasteiger partial charge in [-0.25, -0.2) is 4.57 Å². The fourth-order valence-corrected chi connectivity index (χ4v) is 7.25. The van der Waals surface area contributed by atoms with Crippen molar-refractivity contribution in [1.82, 2.24) is 0 Å². The van der Waals surface area contributed by atoms with Gasteiger partial charge in [0.05, 0.1) is 6.61 Å². The highest BCUT2D eigenvalue weighted by atomic mass is 31.2. The monoisotopic (exact) mass is 813 g/mol. The quantitative estimate of drug-likeness (QED) is 0.0270. The van der Waals surface area contributed by atoms with Crippen LogP contribution < -0.4 is 0 Å². The highest BCUT2D eigenvalue weighted by Gasteiger charge is 2.23. The number of phosphoric acid groups is 1. The summed E-state index contributed by atoms with van der Waals surface area (Å²) in [6.07, 6.45) is 50.5. The van der Waals surface area contributed by atoms with Crippen LogP contribution in [0.1, 0.15) is 245 Å². The van der Waals surface area contributed by atoms with E-state index in [2.05, 4.69) is 42.7 Å². The average Bonchev–Trinajstić information content (AvgIpc) is 3.17. The fourth-order valence-electron chi connectivity index (χ4n) is 6.89. The third-order valence-corrected chi connectivity index (χ3v) is 10.9. The number of carbonyl (C=O) groups excluding carboxylic acids is 2. The minimum absolute atomic E-state index is 0.212. The second-order valence-electron chi connectivity index (χ2n) is 16.1. The zero-order valence-corrected chi connectivity index (χ0v) is 37.4. The Hall–Kier alpha value is -1.47. The Morgan fingerprint density at radius 3 is 1.09 bits per heavy atom. The molecule has 0 saturated heterocycles. The summed E-state index contributed by atoms with van der Waals surface area (Å²) in [4.78, 5) is 43.0. The number of hydrogen-bond donors (Lipinski definition) is 2. The Balaban J connectivity index is 3.82. The lowest BCUT2D eigenvalue weighted by atomic mass is 10.0. The van der Waals surface area contributed by atoms with Crippen molar-refractivity contribution in [2.45, 2.75) is 251 Å². The normalized spacial score (nSPS) is 12.6. The molecule has 0 spiro atoms. The van der Waals surface area contributed by atoms with Gasteiger partial charge in [-0.05, 0) is 64.2 Å². The SMILES string of the molecule is CCCCCCCC/C=C\CCCCCCCC(=O)OCC(COP(=O)(O)O)OC(=O)CCCCCCCCCCCCC/C=C\CCCCCCCCCC. The molecule has 0 saturated carbocycles. The summed E-state index contributed by atoms with van der Waals surface area (Å²) in [5.74, 6) is -0.885. The fraction of sp³-hybridized carbons (Fsp3) is 0.872. The van der Waals surface area contributed by atoms with Crippen molar-refractivity contribution in [1.29, 1.82) is 0 Å². The zero-order valence-electron chi connectivity index (χ0n) is 36.5. The van der Waals surface area contributed by atoms with Crippen molar-refractivity contribution in [2.24, 2.45) is 0 Å². The highest BCUT2D eigenvalue weighted by Crippen LogP contribution is 2.36. The molecule has 0 aromatic rings. The predicted molar refractivity (Wildman–Crippen MR) is 235 cm³/mol. The maximum Gasteiger partial charge on any atom is 0.469 e. The number of unbranched alkanes of at least 4 members (excludes halogenated alkanes) is 30. The summed E-state index contributed by atoms with van der Waals surface area (Å²) in [5, 5.41) is 0. The topological polar surface area (TPSA) is 119 Å². The van der Waals surface area contributed by atoms with Gasteiger partial charge in [-0.15, -0.1) is 0 Å². The largest absolute Gasteiger partial charge is 0.469 e. The van der Waals surface area contributed by atoms with Crippen molar-refractivity contribution >= 4 is 19.8 Å². The van der Waals surface area contributed by atoms with E-state index in [-0.39, 0.29) is 19.4 Å². The lowest BCUT2D eigenvalue weighted by molar-refractivity contribution is -0.161. The van der Waals surface area contributed by atoms with Crippen LogP contribution in [0, 0.1) is 0 Å².